The first-order valence-electron chi connectivity index (χ1n) is 2.56. The fraction of sp³-hybridized carbons (Fsp3) is 0.333. The number of anilines is 1. The van der Waals surface area contributed by atoms with Gasteiger partial charge in [0, 0.05) is 7.05 Å². The van der Waals surface area contributed by atoms with Crippen molar-refractivity contribution in [1.82, 2.24) is 0 Å². The lowest BCUT2D eigenvalue weighted by Crippen LogP contribution is -1.83. The van der Waals surface area contributed by atoms with Gasteiger partial charge < -0.3 is 5.32 Å². The lowest BCUT2D eigenvalue weighted by atomic mass is 10.4. The summed E-state index contributed by atoms with van der Waals surface area (Å²) in [4.78, 5) is 0. The van der Waals surface area contributed by atoms with E-state index in [-0.39, 0.29) is 12.4 Å². The number of rotatable bonds is 1. The maximum Gasteiger partial charge on any atom is 0.0909 e. The molecule has 0 aliphatic heterocycles. The summed E-state index contributed by atoms with van der Waals surface area (Å²) in [6, 6.07) is 2.11. The van der Waals surface area contributed by atoms with Gasteiger partial charge in [-0.1, -0.05) is 0 Å². The summed E-state index contributed by atoms with van der Waals surface area (Å²) in [6.07, 6.45) is 0. The number of nitrogens with one attached hydrogen (secondary N) is 1. The van der Waals surface area contributed by atoms with Crippen molar-refractivity contribution >= 4 is 28.7 Å². The highest BCUT2D eigenvalue weighted by molar-refractivity contribution is 7.14. The van der Waals surface area contributed by atoms with Gasteiger partial charge in [-0.15, -0.1) is 23.7 Å². The molecule has 9 heavy (non-hydrogen) atoms. The van der Waals surface area contributed by atoms with Crippen molar-refractivity contribution in [2.75, 3.05) is 12.4 Å². The minimum atomic E-state index is 0. The number of aryl methyl sites for hydroxylation is 1. The quantitative estimate of drug-likeness (QED) is 0.671. The summed E-state index contributed by atoms with van der Waals surface area (Å²) in [5.41, 5.74) is 1.33. The van der Waals surface area contributed by atoms with Crippen LogP contribution in [0.4, 0.5) is 5.00 Å². The molecule has 0 aliphatic rings. The smallest absolute Gasteiger partial charge is 0.0909 e. The normalized spacial score (nSPS) is 8.22. The average molecular weight is 164 g/mol. The molecule has 3 heteroatoms. The molecule has 52 valence electrons. The van der Waals surface area contributed by atoms with Crippen LogP contribution in [0.5, 0.6) is 0 Å². The van der Waals surface area contributed by atoms with Gasteiger partial charge in [0.05, 0.1) is 5.00 Å². The molecule has 0 saturated heterocycles. The van der Waals surface area contributed by atoms with Crippen LogP contribution in [0, 0.1) is 6.92 Å². The lowest BCUT2D eigenvalue weighted by molar-refractivity contribution is 1.48. The van der Waals surface area contributed by atoms with Crippen LogP contribution in [-0.2, 0) is 0 Å². The maximum atomic E-state index is 3.09. The van der Waals surface area contributed by atoms with Crippen LogP contribution in [0.3, 0.4) is 0 Å². The molecule has 0 fully saturated rings. The number of hydrogen-bond donors (Lipinski definition) is 1. The molecule has 1 heterocycles. The molecule has 0 radical (unpaired) electrons. The summed E-state index contributed by atoms with van der Waals surface area (Å²) in [5, 5.41) is 6.45. The van der Waals surface area contributed by atoms with E-state index in [0.29, 0.717) is 0 Å². The molecular weight excluding hydrogens is 154 g/mol. The molecule has 0 unspecified atom stereocenters. The maximum absolute atomic E-state index is 3.09. The zero-order valence-corrected chi connectivity index (χ0v) is 7.10. The van der Waals surface area contributed by atoms with Crippen LogP contribution in [0.2, 0.25) is 0 Å². The van der Waals surface area contributed by atoms with Crippen molar-refractivity contribution in [3.63, 3.8) is 0 Å². The third-order valence-electron chi connectivity index (χ3n) is 1.09. The zero-order valence-electron chi connectivity index (χ0n) is 5.47. The van der Waals surface area contributed by atoms with Gasteiger partial charge in [-0.3, -0.25) is 0 Å². The Balaban J connectivity index is 0.000000640. The SMILES string of the molecule is CNc1sccc1C.Cl. The standard InChI is InChI=1S/C6H9NS.ClH/c1-5-3-4-8-6(5)7-2;/h3-4,7H,1-2H3;1H. The Morgan fingerprint density at radius 2 is 2.22 bits per heavy atom. The average Bonchev–Trinajstić information content (AvgIpc) is 2.14. The van der Waals surface area contributed by atoms with Crippen LogP contribution < -0.4 is 5.32 Å². The highest BCUT2D eigenvalue weighted by Gasteiger charge is 1.91. The summed E-state index contributed by atoms with van der Waals surface area (Å²) in [7, 11) is 1.94. The molecule has 1 N–H and O–H groups in total. The molecule has 0 spiro atoms. The molecule has 0 saturated carbocycles. The summed E-state index contributed by atoms with van der Waals surface area (Å²) in [6.45, 7) is 2.10. The van der Waals surface area contributed by atoms with Crippen LogP contribution in [0.15, 0.2) is 11.4 Å². The Morgan fingerprint density at radius 1 is 1.56 bits per heavy atom. The second-order valence-corrected chi connectivity index (χ2v) is 2.60. The monoisotopic (exact) mass is 163 g/mol. The van der Waals surface area contributed by atoms with Crippen LogP contribution in [0.25, 0.3) is 0 Å². The second-order valence-electron chi connectivity index (χ2n) is 1.68. The van der Waals surface area contributed by atoms with E-state index in [1.165, 1.54) is 10.6 Å². The van der Waals surface area contributed by atoms with Gasteiger partial charge in [-0.25, -0.2) is 0 Å². The summed E-state index contributed by atoms with van der Waals surface area (Å²) < 4.78 is 0. The van der Waals surface area contributed by atoms with E-state index in [0.717, 1.165) is 0 Å². The van der Waals surface area contributed by atoms with E-state index in [2.05, 4.69) is 23.7 Å². The van der Waals surface area contributed by atoms with Gasteiger partial charge in [0.15, 0.2) is 0 Å². The fourth-order valence-corrected chi connectivity index (χ4v) is 1.41. The van der Waals surface area contributed by atoms with Gasteiger partial charge in [0.25, 0.3) is 0 Å². The summed E-state index contributed by atoms with van der Waals surface area (Å²) in [5.74, 6) is 0. The van der Waals surface area contributed by atoms with Crippen molar-refractivity contribution in [2.45, 2.75) is 6.92 Å². The van der Waals surface area contributed by atoms with E-state index < -0.39 is 0 Å². The molecule has 0 atom stereocenters. The van der Waals surface area contributed by atoms with Crippen molar-refractivity contribution in [1.29, 1.82) is 0 Å². The molecule has 0 aromatic carbocycles. The zero-order chi connectivity index (χ0) is 5.98. The van der Waals surface area contributed by atoms with Crippen LogP contribution in [-0.4, -0.2) is 7.05 Å². The first kappa shape index (κ1) is 8.79. The van der Waals surface area contributed by atoms with Gasteiger partial charge in [0.1, 0.15) is 0 Å². The third-order valence-corrected chi connectivity index (χ3v) is 2.12. The highest BCUT2D eigenvalue weighted by atomic mass is 35.5. The third kappa shape index (κ3) is 1.88. The number of thiophene rings is 1. The molecule has 1 nitrogen and oxygen atoms in total. The van der Waals surface area contributed by atoms with E-state index in [1.807, 2.05) is 7.05 Å². The van der Waals surface area contributed by atoms with E-state index >= 15 is 0 Å². The lowest BCUT2D eigenvalue weighted by Gasteiger charge is -1.92. The predicted octanol–water partition coefficient (Wildman–Crippen LogP) is 2.52. The Labute approximate surface area is 65.5 Å². The van der Waals surface area contributed by atoms with Crippen LogP contribution >= 0.6 is 23.7 Å². The minimum Gasteiger partial charge on any atom is -0.380 e. The molecule has 1 aromatic heterocycles. The first-order valence-corrected chi connectivity index (χ1v) is 3.44. The molecule has 0 amide bonds. The second kappa shape index (κ2) is 3.75. The molecular formula is C6H10ClNS. The van der Waals surface area contributed by atoms with Crippen molar-refractivity contribution < 1.29 is 0 Å². The van der Waals surface area contributed by atoms with Crippen molar-refractivity contribution in [3.05, 3.63) is 17.0 Å². The van der Waals surface area contributed by atoms with Crippen molar-refractivity contribution in [2.24, 2.45) is 0 Å². The van der Waals surface area contributed by atoms with E-state index in [4.69, 9.17) is 0 Å². The molecule has 0 aliphatic carbocycles. The highest BCUT2D eigenvalue weighted by Crippen LogP contribution is 2.20. The molecule has 1 rings (SSSR count). The van der Waals surface area contributed by atoms with Gasteiger partial charge in [-0.2, -0.15) is 0 Å². The predicted molar refractivity (Wildman–Crippen MR) is 45.9 cm³/mol. The van der Waals surface area contributed by atoms with E-state index in [9.17, 15) is 0 Å². The van der Waals surface area contributed by atoms with E-state index in [1.54, 1.807) is 11.3 Å². The Kier molecular flexibility index (Phi) is 3.66. The largest absolute Gasteiger partial charge is 0.380 e. The van der Waals surface area contributed by atoms with Gasteiger partial charge >= 0.3 is 0 Å². The van der Waals surface area contributed by atoms with Gasteiger partial charge in [0.2, 0.25) is 0 Å². The van der Waals surface area contributed by atoms with Crippen LogP contribution in [0.1, 0.15) is 5.56 Å². The Bertz CT molecular complexity index is 173. The first-order chi connectivity index (χ1) is 3.84. The Morgan fingerprint density at radius 3 is 2.44 bits per heavy atom. The molecule has 1 aromatic rings. The topological polar surface area (TPSA) is 12.0 Å². The van der Waals surface area contributed by atoms with Crippen molar-refractivity contribution in [3.8, 4) is 0 Å². The number of hydrogen-bond acceptors (Lipinski definition) is 2. The van der Waals surface area contributed by atoms with Gasteiger partial charge in [-0.05, 0) is 23.9 Å². The number of halogens is 1. The fourth-order valence-electron chi connectivity index (χ4n) is 0.629. The summed E-state index contributed by atoms with van der Waals surface area (Å²) >= 11 is 1.74. The molecule has 0 bridgehead atoms. The minimum absolute atomic E-state index is 0. The Hall–Kier alpha value is -0.210.